The summed E-state index contributed by atoms with van der Waals surface area (Å²) in [7, 11) is 0. The number of unbranched alkanes of at least 4 members (excludes halogenated alkanes) is 3. The predicted octanol–water partition coefficient (Wildman–Crippen LogP) is 2.12. The highest BCUT2D eigenvalue weighted by Crippen LogP contribution is 1.97. The zero-order valence-electron chi connectivity index (χ0n) is 10.2. The van der Waals surface area contributed by atoms with E-state index < -0.39 is 6.09 Å². The molecule has 0 aliphatic rings. The highest BCUT2D eigenvalue weighted by Gasteiger charge is 2.04. The molecular formula is C11H22N2O3. The summed E-state index contributed by atoms with van der Waals surface area (Å²) in [4.78, 5) is 22.2. The van der Waals surface area contributed by atoms with Crippen molar-refractivity contribution < 1.29 is 14.3 Å². The van der Waals surface area contributed by atoms with Gasteiger partial charge in [-0.2, -0.15) is 0 Å². The van der Waals surface area contributed by atoms with E-state index in [1.165, 1.54) is 0 Å². The molecule has 0 radical (unpaired) electrons. The second kappa shape index (κ2) is 10.3. The SMILES string of the molecule is CCCCCC(=O)NNC(=O)OCCCC. The molecule has 0 unspecified atom stereocenters. The summed E-state index contributed by atoms with van der Waals surface area (Å²) in [5.74, 6) is -0.180. The van der Waals surface area contributed by atoms with E-state index in [1.807, 2.05) is 6.92 Å². The Morgan fingerprint density at radius 2 is 1.69 bits per heavy atom. The van der Waals surface area contributed by atoms with Crippen LogP contribution in [-0.4, -0.2) is 18.6 Å². The minimum Gasteiger partial charge on any atom is -0.448 e. The van der Waals surface area contributed by atoms with Crippen molar-refractivity contribution in [3.05, 3.63) is 0 Å². The molecule has 0 bridgehead atoms. The monoisotopic (exact) mass is 230 g/mol. The van der Waals surface area contributed by atoms with Crippen LogP contribution in [0.15, 0.2) is 0 Å². The number of amides is 2. The van der Waals surface area contributed by atoms with Crippen molar-refractivity contribution in [1.29, 1.82) is 0 Å². The number of carbonyl (C=O) groups excluding carboxylic acids is 2. The third-order valence-electron chi connectivity index (χ3n) is 2.04. The normalized spacial score (nSPS) is 9.62. The Morgan fingerprint density at radius 1 is 1.00 bits per heavy atom. The molecule has 0 spiro atoms. The van der Waals surface area contributed by atoms with Crippen LogP contribution in [0.25, 0.3) is 0 Å². The van der Waals surface area contributed by atoms with Gasteiger partial charge in [0.2, 0.25) is 5.91 Å². The van der Waals surface area contributed by atoms with E-state index in [0.29, 0.717) is 13.0 Å². The molecular weight excluding hydrogens is 208 g/mol. The van der Waals surface area contributed by atoms with E-state index in [9.17, 15) is 9.59 Å². The van der Waals surface area contributed by atoms with E-state index in [-0.39, 0.29) is 5.91 Å². The van der Waals surface area contributed by atoms with Crippen molar-refractivity contribution in [1.82, 2.24) is 10.9 Å². The molecule has 2 amide bonds. The Hall–Kier alpha value is -1.26. The first-order valence-corrected chi connectivity index (χ1v) is 5.92. The largest absolute Gasteiger partial charge is 0.448 e. The summed E-state index contributed by atoms with van der Waals surface area (Å²) in [5.41, 5.74) is 4.51. The molecule has 2 N–H and O–H groups in total. The molecule has 5 heteroatoms. The van der Waals surface area contributed by atoms with Crippen LogP contribution in [0, 0.1) is 0 Å². The molecule has 0 saturated heterocycles. The number of hydrazine groups is 1. The third-order valence-corrected chi connectivity index (χ3v) is 2.04. The Morgan fingerprint density at radius 3 is 2.31 bits per heavy atom. The van der Waals surface area contributed by atoms with Crippen LogP contribution in [-0.2, 0) is 9.53 Å². The van der Waals surface area contributed by atoms with E-state index in [2.05, 4.69) is 17.8 Å². The number of hydrogen-bond donors (Lipinski definition) is 2. The predicted molar refractivity (Wildman–Crippen MR) is 61.7 cm³/mol. The summed E-state index contributed by atoms with van der Waals surface area (Å²) < 4.78 is 4.79. The molecule has 0 aromatic heterocycles. The van der Waals surface area contributed by atoms with Crippen LogP contribution in [0.4, 0.5) is 4.79 Å². The van der Waals surface area contributed by atoms with Crippen LogP contribution >= 0.6 is 0 Å². The lowest BCUT2D eigenvalue weighted by molar-refractivity contribution is -0.122. The van der Waals surface area contributed by atoms with E-state index in [0.717, 1.165) is 32.1 Å². The van der Waals surface area contributed by atoms with Gasteiger partial charge in [0.25, 0.3) is 0 Å². The van der Waals surface area contributed by atoms with Gasteiger partial charge in [0.05, 0.1) is 6.61 Å². The third kappa shape index (κ3) is 9.30. The fraction of sp³-hybridized carbons (Fsp3) is 0.818. The zero-order chi connectivity index (χ0) is 12.2. The number of nitrogens with one attached hydrogen (secondary N) is 2. The lowest BCUT2D eigenvalue weighted by atomic mass is 10.2. The number of rotatable bonds is 7. The zero-order valence-corrected chi connectivity index (χ0v) is 10.2. The fourth-order valence-electron chi connectivity index (χ4n) is 1.06. The fourth-order valence-corrected chi connectivity index (χ4v) is 1.06. The summed E-state index contributed by atoms with van der Waals surface area (Å²) in [6.07, 6.45) is 4.57. The Balaban J connectivity index is 3.40. The molecule has 0 heterocycles. The molecule has 16 heavy (non-hydrogen) atoms. The molecule has 0 aliphatic heterocycles. The van der Waals surface area contributed by atoms with Crippen LogP contribution < -0.4 is 10.9 Å². The molecule has 0 aromatic carbocycles. The van der Waals surface area contributed by atoms with Gasteiger partial charge in [-0.05, 0) is 12.8 Å². The highest BCUT2D eigenvalue weighted by molar-refractivity contribution is 5.78. The van der Waals surface area contributed by atoms with E-state index in [4.69, 9.17) is 4.74 Å². The highest BCUT2D eigenvalue weighted by atomic mass is 16.6. The van der Waals surface area contributed by atoms with Crippen molar-refractivity contribution in [2.75, 3.05) is 6.61 Å². The second-order valence-electron chi connectivity index (χ2n) is 3.62. The summed E-state index contributed by atoms with van der Waals surface area (Å²) in [6.45, 7) is 4.46. The Kier molecular flexibility index (Phi) is 9.46. The summed E-state index contributed by atoms with van der Waals surface area (Å²) in [6, 6.07) is 0. The number of ether oxygens (including phenoxy) is 1. The van der Waals surface area contributed by atoms with Gasteiger partial charge in [-0.25, -0.2) is 10.2 Å². The van der Waals surface area contributed by atoms with Gasteiger partial charge < -0.3 is 4.74 Å². The summed E-state index contributed by atoms with van der Waals surface area (Å²) >= 11 is 0. The molecule has 0 saturated carbocycles. The maximum Gasteiger partial charge on any atom is 0.426 e. The maximum atomic E-state index is 11.2. The lowest BCUT2D eigenvalue weighted by Crippen LogP contribution is -2.41. The van der Waals surface area contributed by atoms with Crippen molar-refractivity contribution in [3.8, 4) is 0 Å². The standard InChI is InChI=1S/C11H22N2O3/c1-3-5-7-8-10(14)12-13-11(15)16-9-6-4-2/h3-9H2,1-2H3,(H,12,14)(H,13,15). The molecule has 0 fully saturated rings. The first-order chi connectivity index (χ1) is 7.70. The molecule has 94 valence electrons. The average Bonchev–Trinajstić information content (AvgIpc) is 2.27. The molecule has 0 aliphatic carbocycles. The first-order valence-electron chi connectivity index (χ1n) is 5.92. The minimum atomic E-state index is -0.600. The van der Waals surface area contributed by atoms with Gasteiger partial charge in [-0.1, -0.05) is 33.1 Å². The summed E-state index contributed by atoms with van der Waals surface area (Å²) in [5, 5.41) is 0. The topological polar surface area (TPSA) is 67.4 Å². The van der Waals surface area contributed by atoms with Gasteiger partial charge in [0.1, 0.15) is 0 Å². The lowest BCUT2D eigenvalue weighted by Gasteiger charge is -2.07. The van der Waals surface area contributed by atoms with Gasteiger partial charge in [-0.15, -0.1) is 0 Å². The smallest absolute Gasteiger partial charge is 0.426 e. The molecule has 0 atom stereocenters. The molecule has 0 aromatic rings. The molecule has 0 rings (SSSR count). The first kappa shape index (κ1) is 14.7. The van der Waals surface area contributed by atoms with Gasteiger partial charge >= 0.3 is 6.09 Å². The number of hydrogen-bond acceptors (Lipinski definition) is 3. The van der Waals surface area contributed by atoms with Crippen molar-refractivity contribution >= 4 is 12.0 Å². The van der Waals surface area contributed by atoms with Crippen molar-refractivity contribution in [2.45, 2.75) is 52.4 Å². The Bertz CT molecular complexity index is 185. The van der Waals surface area contributed by atoms with Gasteiger partial charge in [-0.3, -0.25) is 10.2 Å². The maximum absolute atomic E-state index is 11.2. The van der Waals surface area contributed by atoms with Crippen molar-refractivity contribution in [3.63, 3.8) is 0 Å². The van der Waals surface area contributed by atoms with Crippen LogP contribution in [0.1, 0.15) is 52.4 Å². The number of carbonyl (C=O) groups is 2. The van der Waals surface area contributed by atoms with Crippen LogP contribution in [0.5, 0.6) is 0 Å². The van der Waals surface area contributed by atoms with Gasteiger partial charge in [0.15, 0.2) is 0 Å². The second-order valence-corrected chi connectivity index (χ2v) is 3.62. The van der Waals surface area contributed by atoms with E-state index >= 15 is 0 Å². The van der Waals surface area contributed by atoms with E-state index in [1.54, 1.807) is 0 Å². The quantitative estimate of drug-likeness (QED) is 0.520. The average molecular weight is 230 g/mol. The van der Waals surface area contributed by atoms with Gasteiger partial charge in [0, 0.05) is 6.42 Å². The van der Waals surface area contributed by atoms with Crippen LogP contribution in [0.3, 0.4) is 0 Å². The Labute approximate surface area is 96.9 Å². The van der Waals surface area contributed by atoms with Crippen LogP contribution in [0.2, 0.25) is 0 Å². The minimum absolute atomic E-state index is 0.180. The van der Waals surface area contributed by atoms with Crippen molar-refractivity contribution in [2.24, 2.45) is 0 Å². The molecule has 5 nitrogen and oxygen atoms in total.